The second-order valence-electron chi connectivity index (χ2n) is 5.00. The summed E-state index contributed by atoms with van der Waals surface area (Å²) in [5, 5.41) is 0.572. The number of para-hydroxylation sites is 1. The summed E-state index contributed by atoms with van der Waals surface area (Å²) < 4.78 is 16.0. The van der Waals surface area contributed by atoms with Crippen LogP contribution in [0.2, 0.25) is 0 Å². The van der Waals surface area contributed by atoms with Crippen LogP contribution in [0.25, 0.3) is 22.2 Å². The first-order chi connectivity index (χ1) is 10.8. The number of aromatic amines is 1. The van der Waals surface area contributed by atoms with Gasteiger partial charge in [-0.15, -0.1) is 0 Å². The zero-order valence-corrected chi connectivity index (χ0v) is 11.9. The first-order valence-electron chi connectivity index (χ1n) is 6.86. The molecule has 0 fully saturated rings. The van der Waals surface area contributed by atoms with Gasteiger partial charge in [0.25, 0.3) is 0 Å². The molecule has 1 aliphatic heterocycles. The summed E-state index contributed by atoms with van der Waals surface area (Å²) in [4.78, 5) is 15.7. The number of hydrogen-bond donors (Lipinski definition) is 1. The van der Waals surface area contributed by atoms with E-state index in [2.05, 4.69) is 4.98 Å². The van der Waals surface area contributed by atoms with Crippen molar-refractivity contribution in [2.45, 2.75) is 0 Å². The van der Waals surface area contributed by atoms with Gasteiger partial charge in [-0.2, -0.15) is 0 Å². The third-order valence-electron chi connectivity index (χ3n) is 3.72. The molecule has 2 heterocycles. The number of ether oxygens (including phenoxy) is 3. The van der Waals surface area contributed by atoms with Gasteiger partial charge < -0.3 is 19.2 Å². The van der Waals surface area contributed by atoms with E-state index in [1.165, 1.54) is 0 Å². The Kier molecular flexibility index (Phi) is 2.79. The highest BCUT2D eigenvalue weighted by atomic mass is 16.7. The van der Waals surface area contributed by atoms with Crippen LogP contribution < -0.4 is 19.6 Å². The van der Waals surface area contributed by atoms with Crippen molar-refractivity contribution in [3.8, 4) is 28.5 Å². The van der Waals surface area contributed by atoms with Crippen molar-refractivity contribution in [3.05, 3.63) is 52.7 Å². The summed E-state index contributed by atoms with van der Waals surface area (Å²) in [6, 6.07) is 12.6. The lowest BCUT2D eigenvalue weighted by molar-refractivity contribution is 0.174. The average Bonchev–Trinajstić information content (AvgIpc) is 3.00. The second-order valence-corrected chi connectivity index (χ2v) is 5.00. The molecule has 110 valence electrons. The number of methoxy groups -OCH3 is 1. The molecule has 1 aliphatic rings. The molecule has 0 saturated heterocycles. The molecule has 0 aliphatic carbocycles. The molecule has 2 aromatic carbocycles. The number of nitrogens with one attached hydrogen (secondary N) is 1. The Hall–Kier alpha value is -2.95. The molecule has 3 aromatic rings. The minimum atomic E-state index is -0.0760. The van der Waals surface area contributed by atoms with Crippen LogP contribution in [0.3, 0.4) is 0 Å². The van der Waals surface area contributed by atoms with Crippen molar-refractivity contribution in [2.24, 2.45) is 0 Å². The number of pyridine rings is 1. The van der Waals surface area contributed by atoms with Crippen LogP contribution in [0.1, 0.15) is 0 Å². The molecule has 5 nitrogen and oxygen atoms in total. The third kappa shape index (κ3) is 1.90. The zero-order chi connectivity index (χ0) is 15.1. The molecule has 0 atom stereocenters. The van der Waals surface area contributed by atoms with Gasteiger partial charge in [-0.05, 0) is 18.2 Å². The van der Waals surface area contributed by atoms with Gasteiger partial charge in [0.05, 0.1) is 18.3 Å². The van der Waals surface area contributed by atoms with E-state index in [1.54, 1.807) is 25.3 Å². The lowest BCUT2D eigenvalue weighted by atomic mass is 10.1. The van der Waals surface area contributed by atoms with E-state index in [-0.39, 0.29) is 12.2 Å². The summed E-state index contributed by atoms with van der Waals surface area (Å²) in [5.74, 6) is 1.95. The van der Waals surface area contributed by atoms with Gasteiger partial charge in [-0.1, -0.05) is 12.1 Å². The molecule has 1 aromatic heterocycles. The van der Waals surface area contributed by atoms with E-state index >= 15 is 0 Å². The van der Waals surface area contributed by atoms with Crippen molar-refractivity contribution < 1.29 is 14.2 Å². The molecule has 22 heavy (non-hydrogen) atoms. The van der Waals surface area contributed by atoms with Crippen molar-refractivity contribution in [1.29, 1.82) is 0 Å². The smallest absolute Gasteiger partial charge is 0.231 e. The van der Waals surface area contributed by atoms with Gasteiger partial charge in [-0.25, -0.2) is 0 Å². The average molecular weight is 295 g/mol. The van der Waals surface area contributed by atoms with Crippen LogP contribution in [0.15, 0.2) is 47.3 Å². The Morgan fingerprint density at radius 2 is 1.86 bits per heavy atom. The van der Waals surface area contributed by atoms with Gasteiger partial charge in [0.2, 0.25) is 6.79 Å². The number of H-pyrrole nitrogens is 1. The van der Waals surface area contributed by atoms with E-state index in [1.807, 2.05) is 24.3 Å². The topological polar surface area (TPSA) is 60.6 Å². The van der Waals surface area contributed by atoms with Crippen LogP contribution >= 0.6 is 0 Å². The van der Waals surface area contributed by atoms with Gasteiger partial charge in [0, 0.05) is 23.1 Å². The molecular weight excluding hydrogens is 282 g/mol. The Bertz CT molecular complexity index is 930. The lowest BCUT2D eigenvalue weighted by Gasteiger charge is -2.09. The zero-order valence-electron chi connectivity index (χ0n) is 11.9. The lowest BCUT2D eigenvalue weighted by Crippen LogP contribution is -2.03. The highest BCUT2D eigenvalue weighted by molar-refractivity contribution is 5.85. The predicted octanol–water partition coefficient (Wildman–Crippen LogP) is 2.93. The number of rotatable bonds is 2. The summed E-state index contributed by atoms with van der Waals surface area (Å²) in [6.45, 7) is 0.180. The van der Waals surface area contributed by atoms with E-state index in [0.29, 0.717) is 33.8 Å². The fourth-order valence-corrected chi connectivity index (χ4v) is 2.65. The first kappa shape index (κ1) is 12.8. The highest BCUT2D eigenvalue weighted by Gasteiger charge is 2.16. The van der Waals surface area contributed by atoms with Gasteiger partial charge in [-0.3, -0.25) is 4.79 Å². The maximum Gasteiger partial charge on any atom is 0.231 e. The van der Waals surface area contributed by atoms with E-state index < -0.39 is 0 Å². The van der Waals surface area contributed by atoms with Crippen LogP contribution in [-0.2, 0) is 0 Å². The number of hydrogen-bond acceptors (Lipinski definition) is 4. The van der Waals surface area contributed by atoms with Crippen molar-refractivity contribution in [3.63, 3.8) is 0 Å². The van der Waals surface area contributed by atoms with Crippen LogP contribution in [0, 0.1) is 0 Å². The van der Waals surface area contributed by atoms with Crippen LogP contribution in [0.4, 0.5) is 0 Å². The van der Waals surface area contributed by atoms with Gasteiger partial charge >= 0.3 is 0 Å². The standard InChI is InChI=1S/C17H13NO4/c1-20-15-5-3-2-4-10(15)12-7-14(19)11-6-16-17(22-9-21-16)8-13(11)18-12/h2-8H,9H2,1H3,(H,18,19). The minimum Gasteiger partial charge on any atom is -0.496 e. The molecule has 0 unspecified atom stereocenters. The molecular formula is C17H13NO4. The molecule has 0 radical (unpaired) electrons. The van der Waals surface area contributed by atoms with Gasteiger partial charge in [0.1, 0.15) is 5.75 Å². The van der Waals surface area contributed by atoms with Crippen LogP contribution in [0.5, 0.6) is 17.2 Å². The normalized spacial score (nSPS) is 12.6. The summed E-state index contributed by atoms with van der Waals surface area (Å²) in [5.41, 5.74) is 2.17. The van der Waals surface area contributed by atoms with E-state index in [9.17, 15) is 4.79 Å². The van der Waals surface area contributed by atoms with E-state index in [4.69, 9.17) is 14.2 Å². The SMILES string of the molecule is COc1ccccc1-c1cc(=O)c2cc3c(cc2[nH]1)OCO3. The largest absolute Gasteiger partial charge is 0.496 e. The molecule has 0 bridgehead atoms. The number of benzene rings is 2. The van der Waals surface area contributed by atoms with Crippen molar-refractivity contribution in [1.82, 2.24) is 4.98 Å². The van der Waals surface area contributed by atoms with Gasteiger partial charge in [0.15, 0.2) is 16.9 Å². The third-order valence-corrected chi connectivity index (χ3v) is 3.72. The fraction of sp³-hybridized carbons (Fsp3) is 0.118. The summed E-state index contributed by atoms with van der Waals surface area (Å²) in [7, 11) is 1.61. The van der Waals surface area contributed by atoms with Crippen molar-refractivity contribution >= 4 is 10.9 Å². The molecule has 0 saturated carbocycles. The number of aromatic nitrogens is 1. The molecule has 5 heteroatoms. The summed E-state index contributed by atoms with van der Waals surface area (Å²) in [6.07, 6.45) is 0. The second kappa shape index (κ2) is 4.80. The Morgan fingerprint density at radius 3 is 2.68 bits per heavy atom. The van der Waals surface area contributed by atoms with Crippen molar-refractivity contribution in [2.75, 3.05) is 13.9 Å². The number of fused-ring (bicyclic) bond motifs is 2. The fourth-order valence-electron chi connectivity index (χ4n) is 2.65. The summed E-state index contributed by atoms with van der Waals surface area (Å²) >= 11 is 0. The maximum absolute atomic E-state index is 12.4. The Balaban J connectivity index is 1.97. The first-order valence-corrected chi connectivity index (χ1v) is 6.86. The quantitative estimate of drug-likeness (QED) is 0.789. The Morgan fingerprint density at radius 1 is 1.09 bits per heavy atom. The molecule has 1 N–H and O–H groups in total. The molecule has 0 spiro atoms. The molecule has 0 amide bonds. The maximum atomic E-state index is 12.4. The molecule has 4 rings (SSSR count). The van der Waals surface area contributed by atoms with E-state index in [0.717, 1.165) is 5.56 Å². The predicted molar refractivity (Wildman–Crippen MR) is 82.7 cm³/mol. The highest BCUT2D eigenvalue weighted by Crippen LogP contribution is 2.35. The monoisotopic (exact) mass is 295 g/mol. The minimum absolute atomic E-state index is 0.0760. The van der Waals surface area contributed by atoms with Crippen LogP contribution in [-0.4, -0.2) is 18.9 Å². The Labute approximate surface area is 126 Å².